The Morgan fingerprint density at radius 3 is 2.39 bits per heavy atom. The van der Waals surface area contributed by atoms with E-state index in [4.69, 9.17) is 0 Å². The first-order valence-electron chi connectivity index (χ1n) is 6.23. The predicted octanol–water partition coefficient (Wildman–Crippen LogP) is 2.50. The molecule has 0 saturated heterocycles. The van der Waals surface area contributed by atoms with E-state index in [2.05, 4.69) is 43.2 Å². The van der Waals surface area contributed by atoms with Gasteiger partial charge in [-0.05, 0) is 37.0 Å². The number of rotatable bonds is 2. The van der Waals surface area contributed by atoms with Crippen molar-refractivity contribution in [2.45, 2.75) is 52.2 Å². The number of benzene rings is 1. The van der Waals surface area contributed by atoms with Crippen molar-refractivity contribution in [3.63, 3.8) is 0 Å². The Morgan fingerprint density at radius 2 is 1.83 bits per heavy atom. The number of nitrogens with zero attached hydrogens (tertiary/aromatic N) is 3. The molecule has 2 aromatic rings. The summed E-state index contributed by atoms with van der Waals surface area (Å²) < 4.78 is 1.75. The van der Waals surface area contributed by atoms with Crippen LogP contribution in [-0.4, -0.2) is 25.7 Å². The molecule has 1 N–H and O–H groups in total. The molecule has 18 heavy (non-hydrogen) atoms. The molecule has 98 valence electrons. The van der Waals surface area contributed by atoms with Crippen LogP contribution in [0.3, 0.4) is 0 Å². The highest BCUT2D eigenvalue weighted by atomic mass is 16.3. The Hall–Kier alpha value is -1.42. The minimum atomic E-state index is -0.788. The molecule has 0 fully saturated rings. The molecule has 0 amide bonds. The van der Waals surface area contributed by atoms with Crippen LogP contribution in [0.2, 0.25) is 0 Å². The van der Waals surface area contributed by atoms with Crippen molar-refractivity contribution in [2.24, 2.45) is 0 Å². The second-order valence-corrected chi connectivity index (χ2v) is 6.51. The van der Waals surface area contributed by atoms with Crippen molar-refractivity contribution < 1.29 is 5.11 Å². The van der Waals surface area contributed by atoms with Crippen LogP contribution < -0.4 is 0 Å². The van der Waals surface area contributed by atoms with Crippen LogP contribution in [0.15, 0.2) is 18.2 Å². The molecule has 1 aromatic heterocycles. The molecule has 1 heterocycles. The molecule has 0 atom stereocenters. The van der Waals surface area contributed by atoms with Crippen molar-refractivity contribution in [3.05, 3.63) is 23.8 Å². The van der Waals surface area contributed by atoms with E-state index in [1.807, 2.05) is 6.07 Å². The van der Waals surface area contributed by atoms with Gasteiger partial charge in [0.05, 0.1) is 17.7 Å². The molecule has 2 rings (SSSR count). The van der Waals surface area contributed by atoms with Crippen molar-refractivity contribution in [3.8, 4) is 0 Å². The summed E-state index contributed by atoms with van der Waals surface area (Å²) in [7, 11) is 0. The number of fused-ring (bicyclic) bond motifs is 1. The molecule has 0 aliphatic carbocycles. The van der Waals surface area contributed by atoms with E-state index in [1.54, 1.807) is 18.5 Å². The Kier molecular flexibility index (Phi) is 2.93. The zero-order chi connectivity index (χ0) is 13.6. The van der Waals surface area contributed by atoms with Crippen LogP contribution in [0.4, 0.5) is 0 Å². The quantitative estimate of drug-likeness (QED) is 0.887. The monoisotopic (exact) mass is 247 g/mol. The lowest BCUT2D eigenvalue weighted by Gasteiger charge is -2.19. The third kappa shape index (κ3) is 2.70. The second kappa shape index (κ2) is 4.05. The van der Waals surface area contributed by atoms with E-state index in [0.29, 0.717) is 6.54 Å². The smallest absolute Gasteiger partial charge is 0.113 e. The largest absolute Gasteiger partial charge is 0.389 e. The molecule has 0 radical (unpaired) electrons. The zero-order valence-electron chi connectivity index (χ0n) is 11.7. The SMILES string of the molecule is CC(C)(O)Cn1nnc2cc(C(C)(C)C)ccc21. The van der Waals surface area contributed by atoms with Crippen molar-refractivity contribution in [1.29, 1.82) is 0 Å². The minimum absolute atomic E-state index is 0.105. The van der Waals surface area contributed by atoms with E-state index < -0.39 is 5.60 Å². The predicted molar refractivity (Wildman–Crippen MR) is 72.5 cm³/mol. The van der Waals surface area contributed by atoms with Gasteiger partial charge in [0.2, 0.25) is 0 Å². The molecular formula is C14H21N3O. The Balaban J connectivity index is 2.44. The van der Waals surface area contributed by atoms with E-state index >= 15 is 0 Å². The van der Waals surface area contributed by atoms with Gasteiger partial charge in [0, 0.05) is 0 Å². The van der Waals surface area contributed by atoms with E-state index in [9.17, 15) is 5.11 Å². The van der Waals surface area contributed by atoms with Gasteiger partial charge in [-0.3, -0.25) is 0 Å². The topological polar surface area (TPSA) is 50.9 Å². The summed E-state index contributed by atoms with van der Waals surface area (Å²) in [6, 6.07) is 6.21. The Bertz CT molecular complexity index is 558. The molecule has 0 unspecified atom stereocenters. The molecule has 0 bridgehead atoms. The zero-order valence-corrected chi connectivity index (χ0v) is 11.7. The van der Waals surface area contributed by atoms with Crippen LogP contribution in [0.5, 0.6) is 0 Å². The summed E-state index contributed by atoms with van der Waals surface area (Å²) in [6.07, 6.45) is 0. The highest BCUT2D eigenvalue weighted by Crippen LogP contribution is 2.25. The average Bonchev–Trinajstić information content (AvgIpc) is 2.57. The summed E-state index contributed by atoms with van der Waals surface area (Å²) >= 11 is 0. The molecule has 0 aliphatic heterocycles. The number of aromatic nitrogens is 3. The molecule has 4 nitrogen and oxygen atoms in total. The normalized spacial score (nSPS) is 13.2. The second-order valence-electron chi connectivity index (χ2n) is 6.51. The van der Waals surface area contributed by atoms with E-state index in [1.165, 1.54) is 5.56 Å². The molecule has 4 heteroatoms. The first-order chi connectivity index (χ1) is 8.17. The first-order valence-corrected chi connectivity index (χ1v) is 6.23. The third-order valence-electron chi connectivity index (χ3n) is 2.92. The summed E-state index contributed by atoms with van der Waals surface area (Å²) in [6.45, 7) is 10.5. The van der Waals surface area contributed by atoms with Crippen molar-refractivity contribution in [2.75, 3.05) is 0 Å². The van der Waals surface area contributed by atoms with Crippen molar-refractivity contribution >= 4 is 11.0 Å². The van der Waals surface area contributed by atoms with Gasteiger partial charge >= 0.3 is 0 Å². The standard InChI is InChI=1S/C14H21N3O/c1-13(2,3)10-6-7-12-11(8-10)15-16-17(12)9-14(4,5)18/h6-8,18H,9H2,1-5H3. The summed E-state index contributed by atoms with van der Waals surface area (Å²) in [4.78, 5) is 0. The van der Waals surface area contributed by atoms with Gasteiger partial charge < -0.3 is 5.11 Å². The fourth-order valence-electron chi connectivity index (χ4n) is 1.92. The third-order valence-corrected chi connectivity index (χ3v) is 2.92. The molecule has 0 saturated carbocycles. The van der Waals surface area contributed by atoms with Gasteiger partial charge in [-0.1, -0.05) is 32.1 Å². The van der Waals surface area contributed by atoms with Gasteiger partial charge in [-0.15, -0.1) is 5.10 Å². The Labute approximate surface area is 108 Å². The molecular weight excluding hydrogens is 226 g/mol. The highest BCUT2D eigenvalue weighted by molar-refractivity contribution is 5.75. The fraction of sp³-hybridized carbons (Fsp3) is 0.571. The van der Waals surface area contributed by atoms with E-state index in [0.717, 1.165) is 11.0 Å². The number of hydrogen-bond acceptors (Lipinski definition) is 3. The van der Waals surface area contributed by atoms with Crippen LogP contribution >= 0.6 is 0 Å². The fourth-order valence-corrected chi connectivity index (χ4v) is 1.92. The van der Waals surface area contributed by atoms with Crippen LogP contribution in [0.1, 0.15) is 40.2 Å². The maximum absolute atomic E-state index is 9.84. The van der Waals surface area contributed by atoms with Gasteiger partial charge in [0.15, 0.2) is 0 Å². The lowest BCUT2D eigenvalue weighted by molar-refractivity contribution is 0.0585. The summed E-state index contributed by atoms with van der Waals surface area (Å²) in [5, 5.41) is 18.1. The van der Waals surface area contributed by atoms with Gasteiger partial charge in [0.25, 0.3) is 0 Å². The Morgan fingerprint density at radius 1 is 1.17 bits per heavy atom. The summed E-state index contributed by atoms with van der Waals surface area (Å²) in [5.41, 5.74) is 2.40. The lowest BCUT2D eigenvalue weighted by atomic mass is 9.87. The van der Waals surface area contributed by atoms with Crippen LogP contribution in [-0.2, 0) is 12.0 Å². The molecule has 0 aliphatic rings. The lowest BCUT2D eigenvalue weighted by Crippen LogP contribution is -2.26. The summed E-state index contributed by atoms with van der Waals surface area (Å²) in [5.74, 6) is 0. The van der Waals surface area contributed by atoms with Crippen LogP contribution in [0.25, 0.3) is 11.0 Å². The number of aliphatic hydroxyl groups is 1. The maximum atomic E-state index is 9.84. The van der Waals surface area contributed by atoms with E-state index in [-0.39, 0.29) is 5.41 Å². The first kappa shape index (κ1) is 13.0. The molecule has 1 aromatic carbocycles. The average molecular weight is 247 g/mol. The van der Waals surface area contributed by atoms with Gasteiger partial charge in [-0.25, -0.2) is 4.68 Å². The van der Waals surface area contributed by atoms with Gasteiger partial charge in [-0.2, -0.15) is 0 Å². The maximum Gasteiger partial charge on any atom is 0.113 e. The number of hydrogen-bond donors (Lipinski definition) is 1. The van der Waals surface area contributed by atoms with Gasteiger partial charge in [0.1, 0.15) is 5.52 Å². The minimum Gasteiger partial charge on any atom is -0.389 e. The van der Waals surface area contributed by atoms with Crippen LogP contribution in [0, 0.1) is 0 Å². The molecule has 0 spiro atoms. The highest BCUT2D eigenvalue weighted by Gasteiger charge is 2.18. The van der Waals surface area contributed by atoms with Crippen molar-refractivity contribution in [1.82, 2.24) is 15.0 Å².